The van der Waals surface area contributed by atoms with Gasteiger partial charge in [-0.25, -0.2) is 4.98 Å². The number of methoxy groups -OCH3 is 1. The number of carbonyl (C=O) groups is 1. The van der Waals surface area contributed by atoms with Crippen LogP contribution >= 0.6 is 11.3 Å². The molecular formula is C17H16N2O3S. The van der Waals surface area contributed by atoms with Crippen molar-refractivity contribution in [3.63, 3.8) is 0 Å². The Morgan fingerprint density at radius 2 is 2.13 bits per heavy atom. The quantitative estimate of drug-likeness (QED) is 0.771. The van der Waals surface area contributed by atoms with Crippen molar-refractivity contribution in [3.05, 3.63) is 53.2 Å². The summed E-state index contributed by atoms with van der Waals surface area (Å²) in [5, 5.41) is 4.80. The largest absolute Gasteiger partial charge is 0.495 e. The lowest BCUT2D eigenvalue weighted by Gasteiger charge is -2.09. The summed E-state index contributed by atoms with van der Waals surface area (Å²) in [5.41, 5.74) is 1.28. The smallest absolute Gasteiger partial charge is 0.236 e. The van der Waals surface area contributed by atoms with Gasteiger partial charge in [0.05, 0.1) is 29.8 Å². The maximum Gasteiger partial charge on any atom is 0.236 e. The van der Waals surface area contributed by atoms with Gasteiger partial charge in [-0.3, -0.25) is 4.79 Å². The average molecular weight is 328 g/mol. The fourth-order valence-corrected chi connectivity index (χ4v) is 2.84. The SMILES string of the molecule is COc1ccccc1NC(=O)Cc1nc(-c2cccs2)oc1C. The molecule has 1 N–H and O–H groups in total. The molecule has 0 spiro atoms. The van der Waals surface area contributed by atoms with Gasteiger partial charge in [0.1, 0.15) is 11.5 Å². The molecule has 1 aromatic carbocycles. The number of anilines is 1. The summed E-state index contributed by atoms with van der Waals surface area (Å²) in [6.45, 7) is 1.82. The van der Waals surface area contributed by atoms with Gasteiger partial charge in [-0.15, -0.1) is 11.3 Å². The number of thiophene rings is 1. The highest BCUT2D eigenvalue weighted by molar-refractivity contribution is 7.13. The Bertz CT molecular complexity index is 809. The number of carbonyl (C=O) groups excluding carboxylic acids is 1. The number of amides is 1. The minimum absolute atomic E-state index is 0.152. The standard InChI is InChI=1S/C17H16N2O3S/c1-11-13(19-17(22-11)15-8-5-9-23-15)10-16(20)18-12-6-3-4-7-14(12)21-2/h3-9H,10H2,1-2H3,(H,18,20). The molecular weight excluding hydrogens is 312 g/mol. The van der Waals surface area contributed by atoms with Gasteiger partial charge >= 0.3 is 0 Å². The summed E-state index contributed by atoms with van der Waals surface area (Å²) >= 11 is 1.55. The summed E-state index contributed by atoms with van der Waals surface area (Å²) in [4.78, 5) is 17.6. The topological polar surface area (TPSA) is 64.4 Å². The molecule has 5 nitrogen and oxygen atoms in total. The number of para-hydroxylation sites is 2. The Hall–Kier alpha value is -2.60. The van der Waals surface area contributed by atoms with Crippen molar-refractivity contribution >= 4 is 22.9 Å². The molecule has 0 saturated heterocycles. The third-order valence-electron chi connectivity index (χ3n) is 3.33. The Labute approximate surface area is 137 Å². The highest BCUT2D eigenvalue weighted by Gasteiger charge is 2.16. The van der Waals surface area contributed by atoms with Gasteiger partial charge in [0.2, 0.25) is 11.8 Å². The van der Waals surface area contributed by atoms with E-state index in [0.29, 0.717) is 28.8 Å². The lowest BCUT2D eigenvalue weighted by atomic mass is 10.2. The highest BCUT2D eigenvalue weighted by Crippen LogP contribution is 2.27. The van der Waals surface area contributed by atoms with E-state index < -0.39 is 0 Å². The van der Waals surface area contributed by atoms with Crippen LogP contribution in [-0.4, -0.2) is 18.0 Å². The first kappa shape index (κ1) is 15.3. The molecule has 2 heterocycles. The second kappa shape index (κ2) is 6.66. The van der Waals surface area contributed by atoms with E-state index in [-0.39, 0.29) is 12.3 Å². The normalized spacial score (nSPS) is 10.5. The second-order valence-electron chi connectivity index (χ2n) is 4.92. The Morgan fingerprint density at radius 3 is 2.87 bits per heavy atom. The van der Waals surface area contributed by atoms with Crippen molar-refractivity contribution in [1.82, 2.24) is 4.98 Å². The Kier molecular flexibility index (Phi) is 4.43. The zero-order valence-corrected chi connectivity index (χ0v) is 13.6. The molecule has 0 bridgehead atoms. The third-order valence-corrected chi connectivity index (χ3v) is 4.19. The van der Waals surface area contributed by atoms with Crippen molar-refractivity contribution in [2.24, 2.45) is 0 Å². The van der Waals surface area contributed by atoms with E-state index in [0.717, 1.165) is 4.88 Å². The van der Waals surface area contributed by atoms with Crippen LogP contribution in [0.5, 0.6) is 5.75 Å². The molecule has 0 unspecified atom stereocenters. The van der Waals surface area contributed by atoms with E-state index >= 15 is 0 Å². The fourth-order valence-electron chi connectivity index (χ4n) is 2.19. The molecule has 1 amide bonds. The number of oxazole rings is 1. The van der Waals surface area contributed by atoms with Crippen molar-refractivity contribution in [2.75, 3.05) is 12.4 Å². The molecule has 0 aliphatic rings. The minimum atomic E-state index is -0.163. The van der Waals surface area contributed by atoms with Gasteiger partial charge in [-0.2, -0.15) is 0 Å². The lowest BCUT2D eigenvalue weighted by Crippen LogP contribution is -2.15. The summed E-state index contributed by atoms with van der Waals surface area (Å²) < 4.78 is 10.9. The van der Waals surface area contributed by atoms with E-state index in [9.17, 15) is 4.79 Å². The first-order valence-electron chi connectivity index (χ1n) is 7.10. The lowest BCUT2D eigenvalue weighted by molar-refractivity contribution is -0.115. The molecule has 0 fully saturated rings. The highest BCUT2D eigenvalue weighted by atomic mass is 32.1. The van der Waals surface area contributed by atoms with Crippen molar-refractivity contribution in [2.45, 2.75) is 13.3 Å². The van der Waals surface area contributed by atoms with Gasteiger partial charge in [0.25, 0.3) is 0 Å². The predicted molar refractivity (Wildman–Crippen MR) is 89.9 cm³/mol. The first-order chi connectivity index (χ1) is 11.2. The van der Waals surface area contributed by atoms with Gasteiger partial charge in [-0.05, 0) is 30.5 Å². The molecule has 0 aliphatic heterocycles. The maximum absolute atomic E-state index is 12.3. The Balaban J connectivity index is 1.73. The molecule has 0 atom stereocenters. The monoisotopic (exact) mass is 328 g/mol. The van der Waals surface area contributed by atoms with Gasteiger partial charge in [0, 0.05) is 0 Å². The molecule has 2 aromatic heterocycles. The van der Waals surface area contributed by atoms with Gasteiger partial charge in [-0.1, -0.05) is 18.2 Å². The zero-order chi connectivity index (χ0) is 16.2. The van der Waals surface area contributed by atoms with Crippen molar-refractivity contribution < 1.29 is 13.9 Å². The van der Waals surface area contributed by atoms with E-state index in [1.807, 2.05) is 36.6 Å². The molecule has 3 aromatic rings. The number of nitrogens with one attached hydrogen (secondary N) is 1. The third kappa shape index (κ3) is 3.43. The molecule has 6 heteroatoms. The molecule has 118 valence electrons. The number of ether oxygens (including phenoxy) is 1. The second-order valence-corrected chi connectivity index (χ2v) is 5.87. The number of rotatable bonds is 5. The molecule has 0 radical (unpaired) electrons. The van der Waals surface area contributed by atoms with E-state index in [1.165, 1.54) is 0 Å². The van der Waals surface area contributed by atoms with Gasteiger partial charge in [0.15, 0.2) is 0 Å². The number of nitrogens with zero attached hydrogens (tertiary/aromatic N) is 1. The van der Waals surface area contributed by atoms with Crippen LogP contribution in [-0.2, 0) is 11.2 Å². The van der Waals surface area contributed by atoms with Crippen LogP contribution in [0.25, 0.3) is 10.8 Å². The number of benzene rings is 1. The van der Waals surface area contributed by atoms with Crippen LogP contribution in [0.2, 0.25) is 0 Å². The number of hydrogen-bond acceptors (Lipinski definition) is 5. The summed E-state index contributed by atoms with van der Waals surface area (Å²) in [6, 6.07) is 11.2. The summed E-state index contributed by atoms with van der Waals surface area (Å²) in [7, 11) is 1.57. The zero-order valence-electron chi connectivity index (χ0n) is 12.8. The number of aromatic nitrogens is 1. The van der Waals surface area contributed by atoms with E-state index in [2.05, 4.69) is 10.3 Å². The fraction of sp³-hybridized carbons (Fsp3) is 0.176. The van der Waals surface area contributed by atoms with E-state index in [1.54, 1.807) is 30.6 Å². The molecule has 0 aliphatic carbocycles. The van der Waals surface area contributed by atoms with Crippen molar-refractivity contribution in [3.8, 4) is 16.5 Å². The van der Waals surface area contributed by atoms with Crippen LogP contribution in [0, 0.1) is 6.92 Å². The van der Waals surface area contributed by atoms with Crippen LogP contribution < -0.4 is 10.1 Å². The van der Waals surface area contributed by atoms with Crippen molar-refractivity contribution in [1.29, 1.82) is 0 Å². The summed E-state index contributed by atoms with van der Waals surface area (Å²) in [5.74, 6) is 1.67. The van der Waals surface area contributed by atoms with Crippen LogP contribution in [0.15, 0.2) is 46.2 Å². The minimum Gasteiger partial charge on any atom is -0.495 e. The number of hydrogen-bond donors (Lipinski definition) is 1. The number of aryl methyl sites for hydroxylation is 1. The van der Waals surface area contributed by atoms with Gasteiger partial charge < -0.3 is 14.5 Å². The van der Waals surface area contributed by atoms with Crippen LogP contribution in [0.4, 0.5) is 5.69 Å². The van der Waals surface area contributed by atoms with Crippen LogP contribution in [0.3, 0.4) is 0 Å². The molecule has 23 heavy (non-hydrogen) atoms. The predicted octanol–water partition coefficient (Wildman–Crippen LogP) is 3.90. The summed E-state index contributed by atoms with van der Waals surface area (Å²) in [6.07, 6.45) is 0.152. The van der Waals surface area contributed by atoms with Crippen LogP contribution in [0.1, 0.15) is 11.5 Å². The Morgan fingerprint density at radius 1 is 1.30 bits per heavy atom. The molecule has 3 rings (SSSR count). The first-order valence-corrected chi connectivity index (χ1v) is 7.98. The molecule has 0 saturated carbocycles. The average Bonchev–Trinajstić information content (AvgIpc) is 3.18. The van der Waals surface area contributed by atoms with E-state index in [4.69, 9.17) is 9.15 Å². The maximum atomic E-state index is 12.3.